The second-order valence-corrected chi connectivity index (χ2v) is 6.54. The average molecular weight is 314 g/mol. The number of rotatable bonds is 4. The van der Waals surface area contributed by atoms with Crippen LogP contribution in [-0.2, 0) is 0 Å². The Balaban J connectivity index is 1.86. The maximum Gasteiger partial charge on any atom is 0.119 e. The lowest BCUT2D eigenvalue weighted by Crippen LogP contribution is -1.96. The van der Waals surface area contributed by atoms with Crippen LogP contribution in [0.25, 0.3) is 32.3 Å². The SMILES string of the molecule is CCCCOc1ccc2c(ccc3c4ccc(C)cc4ccc23)c1. The zero-order valence-electron chi connectivity index (χ0n) is 14.3. The first-order chi connectivity index (χ1) is 11.8. The third kappa shape index (κ3) is 2.60. The minimum atomic E-state index is 0.791. The third-order valence-electron chi connectivity index (χ3n) is 4.73. The fourth-order valence-electron chi connectivity index (χ4n) is 3.41. The lowest BCUT2D eigenvalue weighted by molar-refractivity contribution is 0.310. The van der Waals surface area contributed by atoms with Crippen molar-refractivity contribution in [3.8, 4) is 5.75 Å². The maximum absolute atomic E-state index is 5.85. The average Bonchev–Trinajstić information content (AvgIpc) is 2.61. The molecule has 1 heteroatoms. The van der Waals surface area contributed by atoms with Crippen LogP contribution in [0.15, 0.2) is 60.7 Å². The quantitative estimate of drug-likeness (QED) is 0.303. The molecule has 0 atom stereocenters. The van der Waals surface area contributed by atoms with E-state index in [4.69, 9.17) is 4.74 Å². The number of aryl methyl sites for hydroxylation is 1. The Labute approximate surface area is 142 Å². The van der Waals surface area contributed by atoms with Gasteiger partial charge in [-0.1, -0.05) is 67.4 Å². The molecule has 120 valence electrons. The van der Waals surface area contributed by atoms with Crippen LogP contribution in [-0.4, -0.2) is 6.61 Å². The molecule has 4 aromatic carbocycles. The number of fused-ring (bicyclic) bond motifs is 5. The highest BCUT2D eigenvalue weighted by Gasteiger charge is 2.06. The fraction of sp³-hybridized carbons (Fsp3) is 0.217. The summed E-state index contributed by atoms with van der Waals surface area (Å²) >= 11 is 0. The fourth-order valence-corrected chi connectivity index (χ4v) is 3.41. The summed E-state index contributed by atoms with van der Waals surface area (Å²) in [4.78, 5) is 0. The van der Waals surface area contributed by atoms with Crippen molar-refractivity contribution in [2.45, 2.75) is 26.7 Å². The van der Waals surface area contributed by atoms with Crippen LogP contribution in [0.5, 0.6) is 5.75 Å². The molecule has 0 aliphatic heterocycles. The van der Waals surface area contributed by atoms with E-state index in [0.717, 1.165) is 25.2 Å². The summed E-state index contributed by atoms with van der Waals surface area (Å²) in [6.07, 6.45) is 2.26. The van der Waals surface area contributed by atoms with Gasteiger partial charge < -0.3 is 4.74 Å². The Bertz CT molecular complexity index is 1030. The lowest BCUT2D eigenvalue weighted by atomic mass is 9.96. The van der Waals surface area contributed by atoms with Crippen LogP contribution < -0.4 is 4.74 Å². The molecule has 0 bridgehead atoms. The zero-order chi connectivity index (χ0) is 16.5. The second-order valence-electron chi connectivity index (χ2n) is 6.54. The number of unbranched alkanes of at least 4 members (excludes halogenated alkanes) is 1. The van der Waals surface area contributed by atoms with Gasteiger partial charge in [0.25, 0.3) is 0 Å². The van der Waals surface area contributed by atoms with E-state index in [-0.39, 0.29) is 0 Å². The number of hydrogen-bond donors (Lipinski definition) is 0. The molecule has 24 heavy (non-hydrogen) atoms. The number of ether oxygens (including phenoxy) is 1. The van der Waals surface area contributed by atoms with E-state index in [2.05, 4.69) is 74.5 Å². The van der Waals surface area contributed by atoms with E-state index in [9.17, 15) is 0 Å². The Kier molecular flexibility index (Phi) is 3.86. The Morgan fingerprint density at radius 3 is 2.04 bits per heavy atom. The van der Waals surface area contributed by atoms with Crippen molar-refractivity contribution >= 4 is 32.3 Å². The zero-order valence-corrected chi connectivity index (χ0v) is 14.3. The van der Waals surface area contributed by atoms with Gasteiger partial charge in [0.05, 0.1) is 6.61 Å². The number of benzene rings is 4. The van der Waals surface area contributed by atoms with Crippen molar-refractivity contribution < 1.29 is 4.74 Å². The maximum atomic E-state index is 5.85. The molecule has 0 aliphatic rings. The summed E-state index contributed by atoms with van der Waals surface area (Å²) in [5, 5.41) is 7.79. The summed E-state index contributed by atoms with van der Waals surface area (Å²) < 4.78 is 5.85. The third-order valence-corrected chi connectivity index (χ3v) is 4.73. The molecule has 4 aromatic rings. The first-order valence-electron chi connectivity index (χ1n) is 8.75. The van der Waals surface area contributed by atoms with Gasteiger partial charge in [0, 0.05) is 0 Å². The van der Waals surface area contributed by atoms with Crippen molar-refractivity contribution in [3.63, 3.8) is 0 Å². The second kappa shape index (κ2) is 6.16. The van der Waals surface area contributed by atoms with Gasteiger partial charge in [-0.3, -0.25) is 0 Å². The summed E-state index contributed by atoms with van der Waals surface area (Å²) in [6.45, 7) is 5.12. The van der Waals surface area contributed by atoms with Gasteiger partial charge in [0.15, 0.2) is 0 Å². The molecule has 0 spiro atoms. The highest BCUT2D eigenvalue weighted by molar-refractivity contribution is 6.17. The molecule has 0 unspecified atom stereocenters. The Hall–Kier alpha value is -2.54. The summed E-state index contributed by atoms with van der Waals surface area (Å²) in [6, 6.07) is 22.1. The van der Waals surface area contributed by atoms with Gasteiger partial charge in [-0.05, 0) is 57.8 Å². The van der Waals surface area contributed by atoms with E-state index < -0.39 is 0 Å². The Morgan fingerprint density at radius 2 is 1.33 bits per heavy atom. The molecular formula is C23H22O. The predicted octanol–water partition coefficient (Wildman–Crippen LogP) is 6.63. The molecule has 1 nitrogen and oxygen atoms in total. The van der Waals surface area contributed by atoms with E-state index in [1.807, 2.05) is 0 Å². The molecule has 0 aromatic heterocycles. The molecular weight excluding hydrogens is 292 g/mol. The summed E-state index contributed by atoms with van der Waals surface area (Å²) in [5.74, 6) is 0.965. The lowest BCUT2D eigenvalue weighted by Gasteiger charge is -2.10. The van der Waals surface area contributed by atoms with Crippen molar-refractivity contribution in [2.75, 3.05) is 6.61 Å². The molecule has 0 amide bonds. The van der Waals surface area contributed by atoms with Crippen LogP contribution in [0.2, 0.25) is 0 Å². The van der Waals surface area contributed by atoms with Gasteiger partial charge in [-0.25, -0.2) is 0 Å². The smallest absolute Gasteiger partial charge is 0.119 e. The normalized spacial score (nSPS) is 11.4. The largest absolute Gasteiger partial charge is 0.494 e. The van der Waals surface area contributed by atoms with Crippen LogP contribution in [0.1, 0.15) is 25.3 Å². The molecule has 0 aliphatic carbocycles. The summed E-state index contributed by atoms with van der Waals surface area (Å²) in [5.41, 5.74) is 1.30. The number of hydrogen-bond acceptors (Lipinski definition) is 1. The molecule has 0 N–H and O–H groups in total. The van der Waals surface area contributed by atoms with Crippen molar-refractivity contribution in [2.24, 2.45) is 0 Å². The Morgan fingerprint density at radius 1 is 0.708 bits per heavy atom. The molecule has 0 fully saturated rings. The first-order valence-corrected chi connectivity index (χ1v) is 8.75. The van der Waals surface area contributed by atoms with E-state index in [0.29, 0.717) is 0 Å². The van der Waals surface area contributed by atoms with Crippen LogP contribution in [0.3, 0.4) is 0 Å². The van der Waals surface area contributed by atoms with E-state index in [1.54, 1.807) is 0 Å². The monoisotopic (exact) mass is 314 g/mol. The molecule has 0 saturated heterocycles. The molecule has 4 rings (SSSR count). The van der Waals surface area contributed by atoms with Gasteiger partial charge in [0.2, 0.25) is 0 Å². The van der Waals surface area contributed by atoms with E-state index >= 15 is 0 Å². The van der Waals surface area contributed by atoms with Gasteiger partial charge >= 0.3 is 0 Å². The van der Waals surface area contributed by atoms with Gasteiger partial charge in [-0.15, -0.1) is 0 Å². The minimum Gasteiger partial charge on any atom is -0.494 e. The standard InChI is InChI=1S/C23H22O/c1-3-4-13-24-19-8-12-21-18(15-19)7-11-22-20-9-5-16(2)14-17(20)6-10-23(21)22/h5-12,14-15H,3-4,13H2,1-2H3. The van der Waals surface area contributed by atoms with Crippen LogP contribution in [0.4, 0.5) is 0 Å². The minimum absolute atomic E-state index is 0.791. The topological polar surface area (TPSA) is 9.23 Å². The molecule has 0 heterocycles. The first kappa shape index (κ1) is 15.0. The van der Waals surface area contributed by atoms with Crippen molar-refractivity contribution in [1.82, 2.24) is 0 Å². The van der Waals surface area contributed by atoms with Gasteiger partial charge in [-0.2, -0.15) is 0 Å². The predicted molar refractivity (Wildman–Crippen MR) is 104 cm³/mol. The van der Waals surface area contributed by atoms with Crippen molar-refractivity contribution in [3.05, 3.63) is 66.2 Å². The van der Waals surface area contributed by atoms with E-state index in [1.165, 1.54) is 37.9 Å². The molecule has 0 radical (unpaired) electrons. The van der Waals surface area contributed by atoms with Crippen molar-refractivity contribution in [1.29, 1.82) is 0 Å². The highest BCUT2D eigenvalue weighted by atomic mass is 16.5. The highest BCUT2D eigenvalue weighted by Crippen LogP contribution is 2.33. The molecule has 0 saturated carbocycles. The summed E-state index contributed by atoms with van der Waals surface area (Å²) in [7, 11) is 0. The van der Waals surface area contributed by atoms with Crippen LogP contribution in [0, 0.1) is 6.92 Å². The van der Waals surface area contributed by atoms with Crippen LogP contribution >= 0.6 is 0 Å². The van der Waals surface area contributed by atoms with Gasteiger partial charge in [0.1, 0.15) is 5.75 Å².